The van der Waals surface area contributed by atoms with Gasteiger partial charge in [-0.25, -0.2) is 0 Å². The van der Waals surface area contributed by atoms with Crippen molar-refractivity contribution in [3.63, 3.8) is 0 Å². The lowest BCUT2D eigenvalue weighted by Gasteiger charge is -2.15. The second kappa shape index (κ2) is 7.66. The normalized spacial score (nSPS) is 17.6. The molecule has 1 N–H and O–H groups in total. The van der Waals surface area contributed by atoms with E-state index < -0.39 is 0 Å². The van der Waals surface area contributed by atoms with Crippen LogP contribution in [0, 0.1) is 12.8 Å². The van der Waals surface area contributed by atoms with Crippen LogP contribution in [0.15, 0.2) is 36.5 Å². The fourth-order valence-electron chi connectivity index (χ4n) is 2.87. The van der Waals surface area contributed by atoms with Gasteiger partial charge >= 0.3 is 0 Å². The van der Waals surface area contributed by atoms with Crippen LogP contribution < -0.4 is 10.1 Å². The zero-order valence-electron chi connectivity index (χ0n) is 14.0. The second-order valence-corrected chi connectivity index (χ2v) is 6.37. The van der Waals surface area contributed by atoms with Crippen molar-refractivity contribution < 1.29 is 9.47 Å². The fourth-order valence-corrected chi connectivity index (χ4v) is 2.87. The van der Waals surface area contributed by atoms with Crippen molar-refractivity contribution in [3.05, 3.63) is 53.3 Å². The van der Waals surface area contributed by atoms with E-state index in [2.05, 4.69) is 60.4 Å². The molecular formula is C19H26N2O2. The lowest BCUT2D eigenvalue weighted by molar-refractivity contribution is 0.166. The number of nitrogens with one attached hydrogen (secondary N) is 1. The summed E-state index contributed by atoms with van der Waals surface area (Å²) < 4.78 is 13.6. The molecule has 4 heteroatoms. The predicted octanol–water partition coefficient (Wildman–Crippen LogP) is 3.04. The van der Waals surface area contributed by atoms with Gasteiger partial charge in [0.2, 0.25) is 0 Å². The molecule has 1 fully saturated rings. The van der Waals surface area contributed by atoms with Crippen LogP contribution in [0.5, 0.6) is 5.75 Å². The molecule has 1 atom stereocenters. The highest BCUT2D eigenvalue weighted by Crippen LogP contribution is 2.22. The van der Waals surface area contributed by atoms with E-state index in [-0.39, 0.29) is 0 Å². The Balaban J connectivity index is 1.57. The molecule has 3 rings (SSSR count). The molecule has 23 heavy (non-hydrogen) atoms. The van der Waals surface area contributed by atoms with Crippen LogP contribution in [0.3, 0.4) is 0 Å². The van der Waals surface area contributed by atoms with E-state index in [1.165, 1.54) is 16.8 Å². The Kier molecular flexibility index (Phi) is 5.36. The number of rotatable bonds is 7. The van der Waals surface area contributed by atoms with Crippen LogP contribution in [0.4, 0.5) is 0 Å². The molecule has 0 bridgehead atoms. The van der Waals surface area contributed by atoms with E-state index in [0.717, 1.165) is 45.1 Å². The Morgan fingerprint density at radius 3 is 2.96 bits per heavy atom. The summed E-state index contributed by atoms with van der Waals surface area (Å²) in [5.41, 5.74) is 3.72. The van der Waals surface area contributed by atoms with Gasteiger partial charge in [0.25, 0.3) is 0 Å². The topological polar surface area (TPSA) is 35.4 Å². The van der Waals surface area contributed by atoms with E-state index >= 15 is 0 Å². The number of aryl methyl sites for hydroxylation is 2. The second-order valence-electron chi connectivity index (χ2n) is 6.37. The maximum absolute atomic E-state index is 6.09. The van der Waals surface area contributed by atoms with Crippen LogP contribution in [-0.4, -0.2) is 24.4 Å². The average Bonchev–Trinajstić information content (AvgIpc) is 3.19. The maximum atomic E-state index is 6.09. The number of ether oxygens (including phenoxy) is 2. The van der Waals surface area contributed by atoms with Crippen LogP contribution in [0.2, 0.25) is 0 Å². The summed E-state index contributed by atoms with van der Waals surface area (Å²) in [6, 6.07) is 10.6. The van der Waals surface area contributed by atoms with E-state index in [1.807, 2.05) is 0 Å². The number of hydrogen-bond acceptors (Lipinski definition) is 3. The quantitative estimate of drug-likeness (QED) is 0.853. The van der Waals surface area contributed by atoms with Crippen molar-refractivity contribution in [1.29, 1.82) is 0 Å². The van der Waals surface area contributed by atoms with Gasteiger partial charge in [-0.05, 0) is 37.1 Å². The zero-order valence-corrected chi connectivity index (χ0v) is 14.0. The summed E-state index contributed by atoms with van der Waals surface area (Å²) in [6.07, 6.45) is 3.17. The van der Waals surface area contributed by atoms with Gasteiger partial charge < -0.3 is 19.4 Å². The third kappa shape index (κ3) is 4.36. The molecule has 0 saturated carbocycles. The van der Waals surface area contributed by atoms with Crippen molar-refractivity contribution in [3.8, 4) is 5.75 Å². The first-order valence-electron chi connectivity index (χ1n) is 8.33. The zero-order chi connectivity index (χ0) is 16.1. The molecule has 1 aromatic carbocycles. The first-order chi connectivity index (χ1) is 11.2. The molecular weight excluding hydrogens is 288 g/mol. The third-order valence-corrected chi connectivity index (χ3v) is 4.39. The van der Waals surface area contributed by atoms with Gasteiger partial charge in [0.1, 0.15) is 5.75 Å². The van der Waals surface area contributed by atoms with E-state index in [4.69, 9.17) is 9.47 Å². The minimum Gasteiger partial charge on any atom is -0.493 e. The Bertz CT molecular complexity index is 630. The van der Waals surface area contributed by atoms with Crippen molar-refractivity contribution in [2.45, 2.75) is 26.4 Å². The molecule has 0 amide bonds. The summed E-state index contributed by atoms with van der Waals surface area (Å²) in [6.45, 7) is 6.20. The van der Waals surface area contributed by atoms with Gasteiger partial charge in [-0.2, -0.15) is 0 Å². The van der Waals surface area contributed by atoms with Gasteiger partial charge in [0.15, 0.2) is 0 Å². The smallest absolute Gasteiger partial charge is 0.124 e. The van der Waals surface area contributed by atoms with Gasteiger partial charge in [-0.3, -0.25) is 0 Å². The minimum absolute atomic E-state index is 0.527. The van der Waals surface area contributed by atoms with Crippen LogP contribution in [-0.2, 0) is 24.9 Å². The van der Waals surface area contributed by atoms with Crippen molar-refractivity contribution in [1.82, 2.24) is 9.88 Å². The van der Waals surface area contributed by atoms with Crippen LogP contribution >= 0.6 is 0 Å². The Morgan fingerprint density at radius 2 is 2.22 bits per heavy atom. The lowest BCUT2D eigenvalue weighted by Crippen LogP contribution is -2.17. The summed E-state index contributed by atoms with van der Waals surface area (Å²) in [5.74, 6) is 1.52. The van der Waals surface area contributed by atoms with Gasteiger partial charge in [0, 0.05) is 50.1 Å². The molecule has 1 aromatic heterocycles. The Hall–Kier alpha value is -1.78. The molecule has 2 heterocycles. The average molecular weight is 314 g/mol. The van der Waals surface area contributed by atoms with Crippen LogP contribution in [0.1, 0.15) is 23.2 Å². The van der Waals surface area contributed by atoms with E-state index in [0.29, 0.717) is 5.92 Å². The Labute approximate surface area is 138 Å². The van der Waals surface area contributed by atoms with Crippen molar-refractivity contribution in [2.75, 3.05) is 19.8 Å². The van der Waals surface area contributed by atoms with Crippen molar-refractivity contribution in [2.24, 2.45) is 13.0 Å². The van der Waals surface area contributed by atoms with E-state index in [9.17, 15) is 0 Å². The fraction of sp³-hybridized carbons (Fsp3) is 0.474. The molecule has 1 saturated heterocycles. The molecule has 1 aliphatic heterocycles. The summed E-state index contributed by atoms with van der Waals surface area (Å²) in [5, 5.41) is 3.51. The highest BCUT2D eigenvalue weighted by molar-refractivity contribution is 5.37. The SMILES string of the molecule is Cc1ccc(CNCc2cccn2C)c(OC[C@@H]2CCOC2)c1. The number of benzene rings is 1. The molecule has 2 aromatic rings. The number of hydrogen-bond donors (Lipinski definition) is 1. The monoisotopic (exact) mass is 314 g/mol. The highest BCUT2D eigenvalue weighted by atomic mass is 16.5. The van der Waals surface area contributed by atoms with Gasteiger partial charge in [0.05, 0.1) is 13.2 Å². The lowest BCUT2D eigenvalue weighted by atomic mass is 10.1. The largest absolute Gasteiger partial charge is 0.493 e. The summed E-state index contributed by atoms with van der Waals surface area (Å²) in [7, 11) is 2.07. The Morgan fingerprint density at radius 1 is 1.30 bits per heavy atom. The number of aromatic nitrogens is 1. The minimum atomic E-state index is 0.527. The maximum Gasteiger partial charge on any atom is 0.124 e. The third-order valence-electron chi connectivity index (χ3n) is 4.39. The first kappa shape index (κ1) is 16.1. The van der Waals surface area contributed by atoms with Gasteiger partial charge in [-0.15, -0.1) is 0 Å². The molecule has 0 unspecified atom stereocenters. The molecule has 4 nitrogen and oxygen atoms in total. The summed E-state index contributed by atoms with van der Waals surface area (Å²) in [4.78, 5) is 0. The van der Waals surface area contributed by atoms with Crippen molar-refractivity contribution >= 4 is 0 Å². The molecule has 1 aliphatic rings. The summed E-state index contributed by atoms with van der Waals surface area (Å²) >= 11 is 0. The first-order valence-corrected chi connectivity index (χ1v) is 8.33. The number of nitrogens with zero attached hydrogens (tertiary/aromatic N) is 1. The predicted molar refractivity (Wildman–Crippen MR) is 91.6 cm³/mol. The molecule has 0 radical (unpaired) electrons. The standard InChI is InChI=1S/C19H26N2O2/c1-15-5-6-17(11-20-12-18-4-3-8-21(18)2)19(10-15)23-14-16-7-9-22-13-16/h3-6,8,10,16,20H,7,9,11-14H2,1-2H3/t16-/m1/s1. The van der Waals surface area contributed by atoms with E-state index in [1.54, 1.807) is 0 Å². The highest BCUT2D eigenvalue weighted by Gasteiger charge is 2.17. The molecule has 124 valence electrons. The molecule has 0 aliphatic carbocycles. The van der Waals surface area contributed by atoms with Crippen LogP contribution in [0.25, 0.3) is 0 Å². The van der Waals surface area contributed by atoms with Gasteiger partial charge in [-0.1, -0.05) is 12.1 Å². The molecule has 0 spiro atoms.